The van der Waals surface area contributed by atoms with Crippen molar-refractivity contribution in [1.82, 2.24) is 0 Å². The highest BCUT2D eigenvalue weighted by Crippen LogP contribution is 1.99. The maximum atomic E-state index is 5.45. The van der Waals surface area contributed by atoms with Crippen LogP contribution in [0.5, 0.6) is 0 Å². The molecule has 0 rings (SSSR count). The standard InChI is InChI=1S/C7H19NO2Si/c1-3-9-11(10-4-2)7-5-6-8/h11H,3-8H2,1-2H3. The first-order valence-electron chi connectivity index (χ1n) is 4.28. The van der Waals surface area contributed by atoms with Crippen molar-refractivity contribution < 1.29 is 8.85 Å². The number of nitrogens with two attached hydrogens (primary N) is 1. The maximum absolute atomic E-state index is 5.45. The van der Waals surface area contributed by atoms with Crippen LogP contribution in [0, 0.1) is 0 Å². The van der Waals surface area contributed by atoms with Crippen molar-refractivity contribution in [3.8, 4) is 0 Å². The smallest absolute Gasteiger partial charge is 0.321 e. The van der Waals surface area contributed by atoms with Gasteiger partial charge in [0.25, 0.3) is 0 Å². The zero-order chi connectivity index (χ0) is 8.53. The summed E-state index contributed by atoms with van der Waals surface area (Å²) in [5, 5.41) is 0. The highest BCUT2D eigenvalue weighted by Gasteiger charge is 2.09. The minimum atomic E-state index is -1.33. The average Bonchev–Trinajstić information content (AvgIpc) is 2.01. The quantitative estimate of drug-likeness (QED) is 0.580. The van der Waals surface area contributed by atoms with Gasteiger partial charge in [-0.15, -0.1) is 0 Å². The minimum absolute atomic E-state index is 0.740. The van der Waals surface area contributed by atoms with Gasteiger partial charge >= 0.3 is 9.28 Å². The van der Waals surface area contributed by atoms with Crippen molar-refractivity contribution in [3.63, 3.8) is 0 Å². The normalized spacial score (nSPS) is 10.9. The Morgan fingerprint density at radius 2 is 1.73 bits per heavy atom. The average molecular weight is 177 g/mol. The molecule has 0 atom stereocenters. The number of hydrogen-bond donors (Lipinski definition) is 1. The van der Waals surface area contributed by atoms with Crippen LogP contribution in [0.2, 0.25) is 6.04 Å². The number of rotatable bonds is 7. The van der Waals surface area contributed by atoms with Crippen molar-refractivity contribution in [3.05, 3.63) is 0 Å². The van der Waals surface area contributed by atoms with Crippen molar-refractivity contribution >= 4 is 9.28 Å². The second-order valence-corrected chi connectivity index (χ2v) is 4.37. The summed E-state index contributed by atoms with van der Waals surface area (Å²) in [5.74, 6) is 0. The lowest BCUT2D eigenvalue weighted by Crippen LogP contribution is -2.23. The molecule has 0 aliphatic carbocycles. The summed E-state index contributed by atoms with van der Waals surface area (Å²) < 4.78 is 10.9. The van der Waals surface area contributed by atoms with Gasteiger partial charge in [-0.25, -0.2) is 0 Å². The minimum Gasteiger partial charge on any atom is -0.397 e. The Kier molecular flexibility index (Phi) is 8.27. The van der Waals surface area contributed by atoms with Crippen LogP contribution >= 0.6 is 0 Å². The van der Waals surface area contributed by atoms with Crippen LogP contribution in [0.1, 0.15) is 20.3 Å². The van der Waals surface area contributed by atoms with Gasteiger partial charge in [0.15, 0.2) is 0 Å². The molecule has 0 heterocycles. The molecule has 0 aliphatic heterocycles. The van der Waals surface area contributed by atoms with Crippen LogP contribution in [0.25, 0.3) is 0 Å². The van der Waals surface area contributed by atoms with E-state index in [4.69, 9.17) is 14.6 Å². The van der Waals surface area contributed by atoms with Crippen LogP contribution in [0.4, 0.5) is 0 Å². The molecule has 0 spiro atoms. The van der Waals surface area contributed by atoms with Crippen LogP contribution in [0.3, 0.4) is 0 Å². The van der Waals surface area contributed by atoms with Gasteiger partial charge in [-0.2, -0.15) is 0 Å². The lowest BCUT2D eigenvalue weighted by Gasteiger charge is -2.13. The number of hydrogen-bond acceptors (Lipinski definition) is 3. The molecule has 0 aromatic heterocycles. The first-order valence-corrected chi connectivity index (χ1v) is 6.04. The molecule has 11 heavy (non-hydrogen) atoms. The SMILES string of the molecule is CCO[SiH](CCCN)OCC. The van der Waals surface area contributed by atoms with E-state index in [1.165, 1.54) is 0 Å². The topological polar surface area (TPSA) is 44.5 Å². The Labute approximate surface area is 70.7 Å². The molecule has 2 N–H and O–H groups in total. The van der Waals surface area contributed by atoms with Gasteiger partial charge in [0.2, 0.25) is 0 Å². The molecular weight excluding hydrogens is 158 g/mol. The fourth-order valence-corrected chi connectivity index (χ4v) is 2.61. The summed E-state index contributed by atoms with van der Waals surface area (Å²) >= 11 is 0. The zero-order valence-electron chi connectivity index (χ0n) is 7.51. The van der Waals surface area contributed by atoms with E-state index < -0.39 is 9.28 Å². The molecule has 68 valence electrons. The Balaban J connectivity index is 3.34. The third kappa shape index (κ3) is 6.49. The Morgan fingerprint density at radius 1 is 1.18 bits per heavy atom. The van der Waals surface area contributed by atoms with Crippen molar-refractivity contribution in [2.24, 2.45) is 5.73 Å². The van der Waals surface area contributed by atoms with Crippen molar-refractivity contribution in [1.29, 1.82) is 0 Å². The fraction of sp³-hybridized carbons (Fsp3) is 1.00. The molecule has 0 unspecified atom stereocenters. The third-order valence-corrected chi connectivity index (χ3v) is 3.64. The molecule has 0 saturated carbocycles. The molecule has 0 fully saturated rings. The Morgan fingerprint density at radius 3 is 2.09 bits per heavy atom. The van der Waals surface area contributed by atoms with E-state index in [1.807, 2.05) is 13.8 Å². The van der Waals surface area contributed by atoms with Gasteiger partial charge in [-0.3, -0.25) is 0 Å². The summed E-state index contributed by atoms with van der Waals surface area (Å²) in [6.45, 7) is 6.27. The van der Waals surface area contributed by atoms with E-state index in [-0.39, 0.29) is 0 Å². The molecule has 0 bridgehead atoms. The van der Waals surface area contributed by atoms with Crippen LogP contribution < -0.4 is 5.73 Å². The van der Waals surface area contributed by atoms with Gasteiger partial charge in [0.1, 0.15) is 0 Å². The predicted molar refractivity (Wildman–Crippen MR) is 48.9 cm³/mol. The molecule has 0 amide bonds. The zero-order valence-corrected chi connectivity index (χ0v) is 8.66. The molecule has 0 aromatic carbocycles. The van der Waals surface area contributed by atoms with Gasteiger partial charge in [0.05, 0.1) is 0 Å². The fourth-order valence-electron chi connectivity index (χ4n) is 0.871. The van der Waals surface area contributed by atoms with Gasteiger partial charge in [-0.05, 0) is 32.9 Å². The highest BCUT2D eigenvalue weighted by atomic mass is 28.3. The van der Waals surface area contributed by atoms with E-state index in [0.717, 1.165) is 32.2 Å². The second kappa shape index (κ2) is 8.20. The predicted octanol–water partition coefficient (Wildman–Crippen LogP) is 0.629. The first kappa shape index (κ1) is 11.1. The first-order chi connectivity index (χ1) is 5.35. The van der Waals surface area contributed by atoms with E-state index >= 15 is 0 Å². The molecule has 0 saturated heterocycles. The van der Waals surface area contributed by atoms with E-state index in [2.05, 4.69) is 0 Å². The van der Waals surface area contributed by atoms with E-state index in [1.54, 1.807) is 0 Å². The summed E-state index contributed by atoms with van der Waals surface area (Å²) in [6, 6.07) is 1.04. The largest absolute Gasteiger partial charge is 0.397 e. The monoisotopic (exact) mass is 177 g/mol. The summed E-state index contributed by atoms with van der Waals surface area (Å²) in [6.07, 6.45) is 1.02. The summed E-state index contributed by atoms with van der Waals surface area (Å²) in [4.78, 5) is 0. The molecule has 0 radical (unpaired) electrons. The molecular formula is C7H19NO2Si. The van der Waals surface area contributed by atoms with Crippen LogP contribution in [0.15, 0.2) is 0 Å². The molecule has 0 aliphatic rings. The van der Waals surface area contributed by atoms with Crippen LogP contribution in [-0.2, 0) is 8.85 Å². The summed E-state index contributed by atoms with van der Waals surface area (Å²) in [7, 11) is -1.33. The lowest BCUT2D eigenvalue weighted by atomic mass is 10.5. The van der Waals surface area contributed by atoms with Gasteiger partial charge < -0.3 is 14.6 Å². The van der Waals surface area contributed by atoms with E-state index in [0.29, 0.717) is 0 Å². The molecule has 0 aromatic rings. The van der Waals surface area contributed by atoms with Gasteiger partial charge in [-0.1, -0.05) is 0 Å². The third-order valence-electron chi connectivity index (χ3n) is 1.35. The maximum Gasteiger partial charge on any atom is 0.321 e. The Bertz CT molecular complexity index is 76.8. The second-order valence-electron chi connectivity index (χ2n) is 2.27. The molecule has 4 heteroatoms. The van der Waals surface area contributed by atoms with Crippen molar-refractivity contribution in [2.75, 3.05) is 19.8 Å². The van der Waals surface area contributed by atoms with Gasteiger partial charge in [0, 0.05) is 13.2 Å². The Hall–Kier alpha value is 0.0969. The van der Waals surface area contributed by atoms with E-state index in [9.17, 15) is 0 Å². The van der Waals surface area contributed by atoms with Crippen LogP contribution in [-0.4, -0.2) is 29.0 Å². The highest BCUT2D eigenvalue weighted by molar-refractivity contribution is 6.44. The summed E-state index contributed by atoms with van der Waals surface area (Å²) in [5.41, 5.74) is 5.38. The lowest BCUT2D eigenvalue weighted by molar-refractivity contribution is 0.213. The van der Waals surface area contributed by atoms with Crippen molar-refractivity contribution in [2.45, 2.75) is 26.3 Å². The molecule has 3 nitrogen and oxygen atoms in total.